The molecule has 3 heterocycles. The first-order valence-corrected chi connectivity index (χ1v) is 34.9. The molecule has 2 bridgehead atoms. The van der Waals surface area contributed by atoms with Crippen LogP contribution in [0.1, 0.15) is 156 Å². The van der Waals surface area contributed by atoms with E-state index in [9.17, 15) is 53.4 Å². The number of anilines is 2. The quantitative estimate of drug-likeness (QED) is 0.0299. The van der Waals surface area contributed by atoms with Gasteiger partial charge in [0.1, 0.15) is 42.8 Å². The second-order valence-electron chi connectivity index (χ2n) is 25.0. The maximum absolute atomic E-state index is 14.7. The van der Waals surface area contributed by atoms with Gasteiger partial charge in [-0.3, -0.25) is 33.6 Å². The van der Waals surface area contributed by atoms with Crippen LogP contribution in [0, 0.1) is 46.2 Å². The minimum absolute atomic E-state index is 0.0232. The number of rotatable bonds is 16. The van der Waals surface area contributed by atoms with Crippen LogP contribution in [0.2, 0.25) is 0 Å². The van der Waals surface area contributed by atoms with Crippen molar-refractivity contribution >= 4 is 132 Å². The molecule has 0 aromatic heterocycles. The number of ketones is 3. The number of cyclic esters (lactones) is 1. The highest BCUT2D eigenvalue weighted by Gasteiger charge is 2.53. The van der Waals surface area contributed by atoms with E-state index in [1.807, 2.05) is 119 Å². The molecule has 1 aliphatic carbocycles. The molecular formula is C67H94I3N3O19. The molecule has 1 aromatic carbocycles. The first kappa shape index (κ1) is 78.6. The fourth-order valence-corrected chi connectivity index (χ4v) is 16.5. The van der Waals surface area contributed by atoms with E-state index < -0.39 is 108 Å². The first-order chi connectivity index (χ1) is 43.5. The molecule has 4 N–H and O–H groups in total. The van der Waals surface area contributed by atoms with E-state index in [1.54, 1.807) is 40.9 Å². The zero-order valence-electron chi connectivity index (χ0n) is 55.0. The second kappa shape index (κ2) is 37.4. The molecule has 3 fully saturated rings. The van der Waals surface area contributed by atoms with Crippen LogP contribution in [0.25, 0.3) is 0 Å². The lowest BCUT2D eigenvalue weighted by molar-refractivity contribution is -0.265. The van der Waals surface area contributed by atoms with Gasteiger partial charge in [-0.25, -0.2) is 9.59 Å². The van der Waals surface area contributed by atoms with Gasteiger partial charge in [0, 0.05) is 72.3 Å². The van der Waals surface area contributed by atoms with Crippen LogP contribution in [0.15, 0.2) is 47.6 Å². The number of aliphatic hydroxyl groups excluding tert-OH is 1. The Morgan fingerprint density at radius 3 is 2.09 bits per heavy atom. The zero-order chi connectivity index (χ0) is 68.3. The fraction of sp³-hybridized carbons (Fsp3) is 0.657. The maximum Gasteiger partial charge on any atom is 0.340 e. The summed E-state index contributed by atoms with van der Waals surface area (Å²) in [5.41, 5.74) is 2.05. The summed E-state index contributed by atoms with van der Waals surface area (Å²) in [5.74, 6) is -10.8. The Morgan fingerprint density at radius 1 is 0.783 bits per heavy atom. The van der Waals surface area contributed by atoms with Gasteiger partial charge >= 0.3 is 17.9 Å². The average Bonchev–Trinajstić information content (AvgIpc) is 0.888. The topological polar surface area (TPSA) is 295 Å². The predicted octanol–water partition coefficient (Wildman–Crippen LogP) is 9.73. The Labute approximate surface area is 582 Å². The fourth-order valence-electron chi connectivity index (χ4n) is 12.4. The largest absolute Gasteiger partial charge is 0.460 e. The number of methoxy groups -OCH3 is 3. The van der Waals surface area contributed by atoms with Crippen LogP contribution in [0.3, 0.4) is 0 Å². The predicted molar refractivity (Wildman–Crippen MR) is 368 cm³/mol. The van der Waals surface area contributed by atoms with E-state index in [0.717, 1.165) is 10.5 Å². The summed E-state index contributed by atoms with van der Waals surface area (Å²) in [4.78, 5) is 124. The molecule has 1 aromatic rings. The molecule has 25 heteroatoms. The monoisotopic (exact) mass is 1630 g/mol. The molecule has 22 nitrogen and oxygen atoms in total. The molecule has 1 saturated carbocycles. The third-order valence-electron chi connectivity index (χ3n) is 17.8. The molecule has 92 heavy (non-hydrogen) atoms. The van der Waals surface area contributed by atoms with Crippen molar-refractivity contribution in [2.75, 3.05) is 58.3 Å². The van der Waals surface area contributed by atoms with Gasteiger partial charge in [0.2, 0.25) is 17.6 Å². The summed E-state index contributed by atoms with van der Waals surface area (Å²) >= 11 is 5.88. The van der Waals surface area contributed by atoms with Gasteiger partial charge in [-0.05, 0) is 175 Å². The summed E-state index contributed by atoms with van der Waals surface area (Å²) in [6.45, 7) is 14.9. The molecule has 5 rings (SSSR count). The second-order valence-corrected chi connectivity index (χ2v) is 28.2. The number of halogens is 3. The Morgan fingerprint density at radius 2 is 1.46 bits per heavy atom. The van der Waals surface area contributed by atoms with Gasteiger partial charge in [0.25, 0.3) is 11.7 Å². The van der Waals surface area contributed by atoms with Crippen molar-refractivity contribution in [1.82, 2.24) is 4.90 Å². The number of allylic oxidation sites excluding steroid dienone is 6. The van der Waals surface area contributed by atoms with Crippen molar-refractivity contribution in [1.29, 1.82) is 0 Å². The lowest BCUT2D eigenvalue weighted by Crippen LogP contribution is -2.61. The van der Waals surface area contributed by atoms with Gasteiger partial charge in [-0.2, -0.15) is 0 Å². The van der Waals surface area contributed by atoms with E-state index in [0.29, 0.717) is 85.4 Å². The number of ether oxygens (including phenoxy) is 8. The molecule has 3 amide bonds. The first-order valence-electron chi connectivity index (χ1n) is 31.7. The third-order valence-corrected chi connectivity index (χ3v) is 21.0. The van der Waals surface area contributed by atoms with Gasteiger partial charge in [0.15, 0.2) is 5.78 Å². The molecule has 4 aliphatic rings. The van der Waals surface area contributed by atoms with E-state index in [1.165, 1.54) is 28.1 Å². The normalized spacial score (nSPS) is 31.7. The Kier molecular flexibility index (Phi) is 32.0. The zero-order valence-corrected chi connectivity index (χ0v) is 61.5. The van der Waals surface area contributed by atoms with E-state index in [-0.39, 0.29) is 92.8 Å². The highest BCUT2D eigenvalue weighted by molar-refractivity contribution is 14.1. The van der Waals surface area contributed by atoms with Crippen molar-refractivity contribution in [2.45, 2.75) is 200 Å². The van der Waals surface area contributed by atoms with E-state index in [2.05, 4.69) is 10.6 Å². The van der Waals surface area contributed by atoms with E-state index >= 15 is 0 Å². The minimum Gasteiger partial charge on any atom is -0.460 e. The van der Waals surface area contributed by atoms with Crippen LogP contribution in [0.5, 0.6) is 0 Å². The number of hydrogen-bond donors (Lipinski definition) is 4. The number of benzene rings is 1. The molecule has 3 aliphatic heterocycles. The van der Waals surface area contributed by atoms with Crippen molar-refractivity contribution in [3.8, 4) is 0 Å². The number of nitrogens with one attached hydrogen (secondary N) is 2. The van der Waals surface area contributed by atoms with E-state index in [4.69, 9.17) is 37.9 Å². The lowest BCUT2D eigenvalue weighted by Gasteiger charge is -2.42. The van der Waals surface area contributed by atoms with Crippen molar-refractivity contribution < 1.29 is 91.3 Å². The summed E-state index contributed by atoms with van der Waals surface area (Å²) in [7, 11) is 4.44. The maximum atomic E-state index is 14.7. The Balaban J connectivity index is 1.31. The number of carbonyl (C=O) groups is 9. The number of piperidine rings is 1. The number of fused-ring (bicyclic) bond motifs is 3. The van der Waals surface area contributed by atoms with Crippen molar-refractivity contribution in [3.05, 3.63) is 63.9 Å². The summed E-state index contributed by atoms with van der Waals surface area (Å²) in [6.07, 6.45) is 9.49. The summed E-state index contributed by atoms with van der Waals surface area (Å²) < 4.78 is 48.4. The highest BCUT2D eigenvalue weighted by atomic mass is 127. The smallest absolute Gasteiger partial charge is 0.340 e. The molecule has 512 valence electrons. The SMILES string of the molecule is CO[C@H]1C[C@@H]2CC[C@@H](C)[C@@](O)(O2)C(=O)C(=O)N2CCCC[C@H]2C(=O)O[C@H]([C@H](C)C[C@@H]2CC[C@@H](OC(=O)CCOCCOC(=O)c3c(I)c(NC(C)=O)c(I)c(NC(C)=O)c3I)[C@H](OC)C2)CC(=O)[C@H](C)/C=C(\C)[C@@H](O)[C@@H](OC)C(=O)[C@H](C)C[C@H](C)/C=C/C=C/C=C/1C. The molecule has 15 atom stereocenters. The summed E-state index contributed by atoms with van der Waals surface area (Å²) in [5, 5.41) is 29.1. The molecule has 0 radical (unpaired) electrons. The Bertz CT molecular complexity index is 2890. The van der Waals surface area contributed by atoms with Crippen LogP contribution in [-0.4, -0.2) is 170 Å². The molecular weight excluding hydrogens is 1530 g/mol. The number of aliphatic hydroxyl groups is 2. The van der Waals surface area contributed by atoms with Crippen molar-refractivity contribution in [3.63, 3.8) is 0 Å². The Hall–Kier alpha value is -4.08. The minimum atomic E-state index is -2.49. The number of Topliss-reactive ketones (excluding diaryl/α,β-unsaturated/α-hetero) is 3. The van der Waals surface area contributed by atoms with Gasteiger partial charge in [0.05, 0.1) is 65.6 Å². The highest BCUT2D eigenvalue weighted by Crippen LogP contribution is 2.41. The van der Waals surface area contributed by atoms with Crippen LogP contribution >= 0.6 is 67.8 Å². The number of nitrogens with zero attached hydrogens (tertiary/aromatic N) is 1. The van der Waals surface area contributed by atoms with Crippen LogP contribution < -0.4 is 10.6 Å². The third kappa shape index (κ3) is 21.7. The molecule has 0 spiro atoms. The summed E-state index contributed by atoms with van der Waals surface area (Å²) in [6, 6.07) is -1.22. The van der Waals surface area contributed by atoms with Crippen molar-refractivity contribution in [2.24, 2.45) is 35.5 Å². The van der Waals surface area contributed by atoms with Crippen LogP contribution in [-0.2, 0) is 76.3 Å². The molecule has 2 saturated heterocycles. The lowest BCUT2D eigenvalue weighted by atomic mass is 9.78. The number of amides is 3. The van der Waals surface area contributed by atoms with Gasteiger partial charge in [-0.1, -0.05) is 71.1 Å². The average molecular weight is 1630 g/mol. The van der Waals surface area contributed by atoms with Gasteiger partial charge in [-0.15, -0.1) is 0 Å². The molecule has 0 unspecified atom stereocenters. The van der Waals surface area contributed by atoms with Crippen LogP contribution in [0.4, 0.5) is 11.4 Å². The number of carbonyl (C=O) groups excluding carboxylic acids is 9. The number of hydrogen-bond acceptors (Lipinski definition) is 19. The van der Waals surface area contributed by atoms with Gasteiger partial charge < -0.3 is 63.6 Å². The standard InChI is InChI=1S/C67H94I3N3O19/c1-36-18-14-13-15-19-37(2)50(85-10)34-46-23-21-42(7)67(84,92-46)63(80)64(81)73-26-17-16-20-47(73)65(82)91-51(35-48(76)38(3)31-41(6)61(79)62(87-12)60(78)40(5)30-36)39(4)32-45-22-24-49(52(33-45)86-11)90-53(77)25-27-88-28-29-89-66(83)54-55(68)58(71-43(8)74)57(70)59(56(54)69)72-44(9)75/h13-15,18-19,31,36,38-40,42,45-47,49-52,61-62,79,84H,16-17,20-30,32-35H2,1-12H3,(H,71,74)(H,72,75)/b15-13+,18-14+,37-19+,41-31+/t36-,38-,39-,40-,42-,45+,46+,47+,49-,50+,51+,52-,61-,62+,67-/m1/s1. The number of esters is 3.